The molecular formula is C23H19CuN4O9S. The first-order valence-corrected chi connectivity index (χ1v) is 11.7. The van der Waals surface area contributed by atoms with Gasteiger partial charge in [-0.1, -0.05) is 36.0 Å². The topological polar surface area (TPSA) is 210 Å². The number of rotatable bonds is 9. The predicted octanol–water partition coefficient (Wildman–Crippen LogP) is 4.60. The number of nitrogens with zero attached hydrogens (tertiary/aromatic N) is 4. The molecule has 0 radical (unpaired) electrons. The average Bonchev–Trinajstić information content (AvgIpc) is 2.86. The van der Waals surface area contributed by atoms with Gasteiger partial charge in [0.2, 0.25) is 0 Å². The van der Waals surface area contributed by atoms with Crippen molar-refractivity contribution in [2.75, 3.05) is 0 Å². The smallest absolute Gasteiger partial charge is 0.571 e. The molecule has 4 N–H and O–H groups in total. The fourth-order valence-corrected chi connectivity index (χ4v) is 3.67. The fourth-order valence-electron chi connectivity index (χ4n) is 3.09. The summed E-state index contributed by atoms with van der Waals surface area (Å²) in [6, 6.07) is 11.8. The number of phenolic OH excluding ortho intramolecular Hbond substituents is 1. The number of carbonyl (C=O) groups is 2. The summed E-state index contributed by atoms with van der Waals surface area (Å²) in [5.74, 6) is -2.13. The van der Waals surface area contributed by atoms with Crippen molar-refractivity contribution >= 4 is 39.6 Å². The first-order chi connectivity index (χ1) is 17.5. The van der Waals surface area contributed by atoms with E-state index in [1.54, 1.807) is 0 Å². The number of carboxylic acid groups (broad SMARTS) is 1. The summed E-state index contributed by atoms with van der Waals surface area (Å²) in [6.07, 6.45) is 0.506. The molecule has 0 atom stereocenters. The Balaban J connectivity index is 0.00000507. The monoisotopic (exact) mass is 590 g/mol. The molecule has 0 bridgehead atoms. The summed E-state index contributed by atoms with van der Waals surface area (Å²) in [7, 11) is -4.64. The molecule has 0 aliphatic carbocycles. The number of carbonyl (C=O) groups excluding carboxylic acids is 1. The summed E-state index contributed by atoms with van der Waals surface area (Å²) in [5.41, 5.74) is 3.86. The van der Waals surface area contributed by atoms with Crippen LogP contribution in [0, 0.1) is 6.92 Å². The molecule has 3 aromatic carbocycles. The van der Waals surface area contributed by atoms with Crippen LogP contribution in [0.15, 0.2) is 74.8 Å². The number of aldehydes is 1. The van der Waals surface area contributed by atoms with Crippen LogP contribution >= 0.6 is 0 Å². The van der Waals surface area contributed by atoms with Crippen molar-refractivity contribution in [3.8, 4) is 5.75 Å². The molecule has 0 amide bonds. The Morgan fingerprint density at radius 1 is 1.11 bits per heavy atom. The maximum atomic E-state index is 11.8. The van der Waals surface area contributed by atoms with Crippen LogP contribution in [0.1, 0.15) is 37.4 Å². The van der Waals surface area contributed by atoms with E-state index in [4.69, 9.17) is 5.26 Å². The molecule has 0 saturated heterocycles. The van der Waals surface area contributed by atoms with Gasteiger partial charge in [-0.3, -0.25) is 14.6 Å². The van der Waals surface area contributed by atoms with Crippen LogP contribution < -0.4 is 0 Å². The maximum absolute atomic E-state index is 11.8. The van der Waals surface area contributed by atoms with Gasteiger partial charge < -0.3 is 20.7 Å². The van der Waals surface area contributed by atoms with E-state index in [-0.39, 0.29) is 63.1 Å². The van der Waals surface area contributed by atoms with E-state index in [0.717, 1.165) is 12.1 Å². The molecule has 0 heterocycles. The maximum Gasteiger partial charge on any atom is 1.00 e. The van der Waals surface area contributed by atoms with Crippen LogP contribution in [0.4, 0.5) is 11.4 Å². The van der Waals surface area contributed by atoms with Crippen molar-refractivity contribution < 1.29 is 60.0 Å². The van der Waals surface area contributed by atoms with E-state index in [2.05, 4.69) is 25.6 Å². The van der Waals surface area contributed by atoms with Gasteiger partial charge in [-0.15, -0.1) is 10.2 Å². The molecular weight excluding hydrogens is 572 g/mol. The van der Waals surface area contributed by atoms with Crippen molar-refractivity contribution in [3.63, 3.8) is 0 Å². The average molecular weight is 591 g/mol. The van der Waals surface area contributed by atoms with Crippen LogP contribution in [0.25, 0.3) is 5.43 Å². The van der Waals surface area contributed by atoms with E-state index in [0.29, 0.717) is 11.8 Å². The van der Waals surface area contributed by atoms with Crippen LogP contribution in [-0.2, 0) is 38.7 Å². The molecule has 0 saturated carbocycles. The Morgan fingerprint density at radius 2 is 1.79 bits per heavy atom. The Labute approximate surface area is 226 Å². The Hall–Kier alpha value is -3.98. The van der Waals surface area contributed by atoms with Crippen LogP contribution in [0.2, 0.25) is 0 Å². The first-order valence-electron chi connectivity index (χ1n) is 10.2. The number of aromatic carboxylic acids is 1. The zero-order valence-electron chi connectivity index (χ0n) is 19.3. The van der Waals surface area contributed by atoms with Crippen molar-refractivity contribution in [2.45, 2.75) is 18.4 Å². The molecule has 0 fully saturated rings. The van der Waals surface area contributed by atoms with Gasteiger partial charge in [0.25, 0.3) is 10.1 Å². The number of hydrogen-bond acceptors (Lipinski definition) is 9. The van der Waals surface area contributed by atoms with Gasteiger partial charge in [-0.05, 0) is 42.3 Å². The molecule has 0 aliphatic rings. The van der Waals surface area contributed by atoms with E-state index in [1.807, 2.05) is 0 Å². The largest absolute Gasteiger partial charge is 1.00 e. The number of carboxylic acids is 1. The third-order valence-electron chi connectivity index (χ3n) is 4.91. The number of aromatic hydroxyl groups is 1. The minimum Gasteiger partial charge on any atom is -0.571 e. The second kappa shape index (κ2) is 13.0. The SMILES string of the molecule is Cc1cc(S(=O)(=O)O)cc([N-]/N=C(\N=Nc2cc(COO)ccc2C=O)c2ccccc2C(=O)O)c1O.[Cu+]. The minimum absolute atomic E-state index is 0. The van der Waals surface area contributed by atoms with Crippen molar-refractivity contribution in [1.82, 2.24) is 0 Å². The third kappa shape index (κ3) is 7.29. The van der Waals surface area contributed by atoms with Gasteiger partial charge in [-0.2, -0.15) is 8.42 Å². The zero-order chi connectivity index (χ0) is 27.2. The summed E-state index contributed by atoms with van der Waals surface area (Å²) >= 11 is 0. The molecule has 0 aliphatic heterocycles. The Morgan fingerprint density at radius 3 is 2.39 bits per heavy atom. The van der Waals surface area contributed by atoms with Gasteiger partial charge >= 0.3 is 23.0 Å². The van der Waals surface area contributed by atoms with Gasteiger partial charge in [-0.25, -0.2) is 9.68 Å². The predicted molar refractivity (Wildman–Crippen MR) is 129 cm³/mol. The van der Waals surface area contributed by atoms with E-state index >= 15 is 0 Å². The van der Waals surface area contributed by atoms with Crippen molar-refractivity contribution in [3.05, 3.63) is 87.8 Å². The minimum atomic E-state index is -4.64. The molecule has 0 spiro atoms. The second-order valence-electron chi connectivity index (χ2n) is 7.44. The summed E-state index contributed by atoms with van der Waals surface area (Å²) in [4.78, 5) is 26.7. The Kier molecular flexibility index (Phi) is 10.4. The molecule has 38 heavy (non-hydrogen) atoms. The van der Waals surface area contributed by atoms with Gasteiger partial charge in [0.15, 0.2) is 12.1 Å². The zero-order valence-corrected chi connectivity index (χ0v) is 21.1. The third-order valence-corrected chi connectivity index (χ3v) is 5.74. The van der Waals surface area contributed by atoms with E-state index in [1.165, 1.54) is 49.4 Å². The van der Waals surface area contributed by atoms with Crippen LogP contribution in [0.3, 0.4) is 0 Å². The summed E-state index contributed by atoms with van der Waals surface area (Å²) in [6.45, 7) is 1.17. The quantitative estimate of drug-likeness (QED) is 0.0400. The standard InChI is InChI=1S/C23H20N4O9S.Cu/c1-13-8-16(37(33,34)35)10-20(21(13)29)25-27-22(17-4-2-3-5-18(17)23(30)31)26-24-19-9-14(12-36-32)6-7-15(19)11-28;/h2-11H,12H2,1H3,(H5,24,25,26,27,28,29,30,31,32,33,34,35);/q;+1/p-1. The molecule has 0 unspecified atom stereocenters. The number of amidine groups is 1. The summed E-state index contributed by atoms with van der Waals surface area (Å²) < 4.78 is 32.5. The van der Waals surface area contributed by atoms with Gasteiger partial charge in [0.1, 0.15) is 12.4 Å². The van der Waals surface area contributed by atoms with Crippen molar-refractivity contribution in [2.24, 2.45) is 15.3 Å². The molecule has 13 nitrogen and oxygen atoms in total. The van der Waals surface area contributed by atoms with Crippen molar-refractivity contribution in [1.29, 1.82) is 0 Å². The first kappa shape index (κ1) is 30.2. The molecule has 3 rings (SSSR count). The Bertz CT molecular complexity index is 1530. The molecule has 202 valence electrons. The summed E-state index contributed by atoms with van der Waals surface area (Å²) in [5, 5.41) is 40.4. The van der Waals surface area contributed by atoms with Gasteiger partial charge in [0.05, 0.1) is 16.1 Å². The number of hydrogen-bond donors (Lipinski definition) is 4. The van der Waals surface area contributed by atoms with Crippen LogP contribution in [-0.4, -0.2) is 46.5 Å². The normalized spacial score (nSPS) is 11.7. The van der Waals surface area contributed by atoms with E-state index in [9.17, 15) is 32.8 Å². The number of benzene rings is 3. The number of phenols is 1. The van der Waals surface area contributed by atoms with Gasteiger partial charge in [0, 0.05) is 11.1 Å². The molecule has 0 aromatic heterocycles. The van der Waals surface area contributed by atoms with Crippen LogP contribution in [0.5, 0.6) is 5.75 Å². The molecule has 15 heteroatoms. The number of azo groups is 1. The number of aryl methyl sites for hydroxylation is 1. The van der Waals surface area contributed by atoms with E-state index < -0.39 is 26.7 Å². The fraction of sp³-hybridized carbons (Fsp3) is 0.0870. The molecule has 3 aromatic rings. The second-order valence-corrected chi connectivity index (χ2v) is 8.86.